The first kappa shape index (κ1) is 11.0. The summed E-state index contributed by atoms with van der Waals surface area (Å²) in [6.07, 6.45) is 1.19. The zero-order chi connectivity index (χ0) is 9.56. The molecule has 0 aromatic rings. The zero-order valence-corrected chi connectivity index (χ0v) is 7.92. The minimum atomic E-state index is -0.730. The van der Waals surface area contributed by atoms with Crippen molar-refractivity contribution in [2.24, 2.45) is 11.8 Å². The van der Waals surface area contributed by atoms with Crippen molar-refractivity contribution in [3.05, 3.63) is 0 Å². The predicted molar refractivity (Wildman–Crippen MR) is 48.6 cm³/mol. The van der Waals surface area contributed by atoms with Gasteiger partial charge in [0, 0.05) is 6.42 Å². The number of rotatable bonds is 4. The van der Waals surface area contributed by atoms with Crippen LogP contribution in [0.1, 0.15) is 33.6 Å². The Morgan fingerprint density at radius 1 is 1.50 bits per heavy atom. The van der Waals surface area contributed by atoms with E-state index in [1.54, 1.807) is 6.92 Å². The summed E-state index contributed by atoms with van der Waals surface area (Å²) < 4.78 is 0. The third-order valence-corrected chi connectivity index (χ3v) is 1.63. The summed E-state index contributed by atoms with van der Waals surface area (Å²) in [7, 11) is 0. The van der Waals surface area contributed by atoms with Crippen molar-refractivity contribution in [3.8, 4) is 11.8 Å². The number of hydrogen-bond acceptors (Lipinski definition) is 1. The van der Waals surface area contributed by atoms with E-state index in [9.17, 15) is 4.79 Å². The molecule has 12 heavy (non-hydrogen) atoms. The summed E-state index contributed by atoms with van der Waals surface area (Å²) in [5, 5.41) is 8.78. The lowest BCUT2D eigenvalue weighted by molar-refractivity contribution is -0.142. The van der Waals surface area contributed by atoms with Gasteiger partial charge in [0.1, 0.15) is 0 Å². The average molecular weight is 168 g/mol. The predicted octanol–water partition coefficient (Wildman–Crippen LogP) is 2.15. The van der Waals surface area contributed by atoms with Gasteiger partial charge in [0.2, 0.25) is 0 Å². The van der Waals surface area contributed by atoms with Crippen LogP contribution >= 0.6 is 0 Å². The molecule has 0 aliphatic heterocycles. The van der Waals surface area contributed by atoms with Gasteiger partial charge < -0.3 is 5.11 Å². The molecule has 2 heteroatoms. The summed E-state index contributed by atoms with van der Waals surface area (Å²) >= 11 is 0. The van der Waals surface area contributed by atoms with Gasteiger partial charge in [-0.1, -0.05) is 13.8 Å². The highest BCUT2D eigenvalue weighted by Crippen LogP contribution is 2.14. The van der Waals surface area contributed by atoms with Gasteiger partial charge in [-0.2, -0.15) is 0 Å². The Morgan fingerprint density at radius 3 is 2.42 bits per heavy atom. The number of hydrogen-bond donors (Lipinski definition) is 1. The van der Waals surface area contributed by atoms with E-state index in [1.807, 2.05) is 13.8 Å². The van der Waals surface area contributed by atoms with E-state index in [-0.39, 0.29) is 5.92 Å². The Hall–Kier alpha value is -0.970. The Kier molecular flexibility index (Phi) is 5.19. The molecule has 0 bridgehead atoms. The maximum Gasteiger partial charge on any atom is 0.307 e. The lowest BCUT2D eigenvalue weighted by Gasteiger charge is -2.10. The molecule has 0 aromatic carbocycles. The van der Waals surface area contributed by atoms with Crippen LogP contribution in [-0.4, -0.2) is 11.1 Å². The van der Waals surface area contributed by atoms with Crippen molar-refractivity contribution < 1.29 is 9.90 Å². The molecule has 0 saturated heterocycles. The first-order valence-corrected chi connectivity index (χ1v) is 4.20. The molecule has 0 heterocycles. The second kappa shape index (κ2) is 5.65. The first-order valence-electron chi connectivity index (χ1n) is 4.20. The average Bonchev–Trinajstić information content (AvgIpc) is 1.96. The molecule has 0 aromatic heterocycles. The van der Waals surface area contributed by atoms with E-state index in [0.29, 0.717) is 18.8 Å². The Morgan fingerprint density at radius 2 is 2.08 bits per heavy atom. The van der Waals surface area contributed by atoms with Crippen LogP contribution in [0.4, 0.5) is 0 Å². The number of aliphatic carboxylic acids is 1. The highest BCUT2D eigenvalue weighted by molar-refractivity contribution is 5.70. The normalized spacial score (nSPS) is 12.0. The van der Waals surface area contributed by atoms with Gasteiger partial charge in [-0.15, -0.1) is 11.8 Å². The van der Waals surface area contributed by atoms with Crippen molar-refractivity contribution in [1.29, 1.82) is 0 Å². The molecule has 0 spiro atoms. The minimum absolute atomic E-state index is 0.294. The lowest BCUT2D eigenvalue weighted by atomic mass is 9.94. The lowest BCUT2D eigenvalue weighted by Crippen LogP contribution is -2.15. The second-order valence-electron chi connectivity index (χ2n) is 3.30. The fraction of sp³-hybridized carbons (Fsp3) is 0.700. The molecule has 0 aliphatic rings. The molecule has 1 unspecified atom stereocenters. The molecule has 0 saturated carbocycles. The monoisotopic (exact) mass is 168 g/mol. The van der Waals surface area contributed by atoms with Crippen molar-refractivity contribution >= 4 is 5.97 Å². The summed E-state index contributed by atoms with van der Waals surface area (Å²) in [5.74, 6) is 4.91. The summed E-state index contributed by atoms with van der Waals surface area (Å²) in [6, 6.07) is 0. The Bertz CT molecular complexity index is 196. The largest absolute Gasteiger partial charge is 0.481 e. The molecule has 0 amide bonds. The smallest absolute Gasteiger partial charge is 0.307 e. The molecular weight excluding hydrogens is 152 g/mol. The van der Waals surface area contributed by atoms with Gasteiger partial charge in [-0.25, -0.2) is 0 Å². The molecule has 1 N–H and O–H groups in total. The van der Waals surface area contributed by atoms with Crippen LogP contribution < -0.4 is 0 Å². The van der Waals surface area contributed by atoms with Gasteiger partial charge in [-0.05, 0) is 19.3 Å². The van der Waals surface area contributed by atoms with Crippen LogP contribution in [0, 0.1) is 23.7 Å². The van der Waals surface area contributed by atoms with Crippen LogP contribution in [-0.2, 0) is 4.79 Å². The maximum atomic E-state index is 10.7. The van der Waals surface area contributed by atoms with Gasteiger partial charge in [-0.3, -0.25) is 4.79 Å². The van der Waals surface area contributed by atoms with E-state index in [0.717, 1.165) is 0 Å². The minimum Gasteiger partial charge on any atom is -0.481 e. The second-order valence-corrected chi connectivity index (χ2v) is 3.30. The van der Waals surface area contributed by atoms with Gasteiger partial charge in [0.25, 0.3) is 0 Å². The zero-order valence-electron chi connectivity index (χ0n) is 7.92. The van der Waals surface area contributed by atoms with E-state index in [4.69, 9.17) is 5.11 Å². The van der Waals surface area contributed by atoms with E-state index >= 15 is 0 Å². The molecule has 0 rings (SSSR count). The quantitative estimate of drug-likeness (QED) is 0.653. The Balaban J connectivity index is 4.01. The van der Waals surface area contributed by atoms with Crippen LogP contribution in [0.2, 0.25) is 0 Å². The van der Waals surface area contributed by atoms with Gasteiger partial charge >= 0.3 is 5.97 Å². The molecule has 0 fully saturated rings. The molecule has 68 valence electrons. The van der Waals surface area contributed by atoms with E-state index in [2.05, 4.69) is 11.8 Å². The van der Waals surface area contributed by atoms with Gasteiger partial charge in [0.15, 0.2) is 0 Å². The fourth-order valence-corrected chi connectivity index (χ4v) is 1.07. The summed E-state index contributed by atoms with van der Waals surface area (Å²) in [6.45, 7) is 5.78. The molecule has 0 aliphatic carbocycles. The summed E-state index contributed by atoms with van der Waals surface area (Å²) in [5.41, 5.74) is 0. The van der Waals surface area contributed by atoms with Crippen LogP contribution in [0.15, 0.2) is 0 Å². The highest BCUT2D eigenvalue weighted by atomic mass is 16.4. The van der Waals surface area contributed by atoms with Crippen LogP contribution in [0.25, 0.3) is 0 Å². The standard InChI is InChI=1S/C10H16O2/c1-4-5-6-9(10(11)12)7-8(2)3/h8-9H,6-7H2,1-3H3,(H,11,12). The van der Waals surface area contributed by atoms with E-state index < -0.39 is 5.97 Å². The third kappa shape index (κ3) is 4.79. The summed E-state index contributed by atoms with van der Waals surface area (Å²) in [4.78, 5) is 10.7. The highest BCUT2D eigenvalue weighted by Gasteiger charge is 2.16. The van der Waals surface area contributed by atoms with Crippen molar-refractivity contribution in [1.82, 2.24) is 0 Å². The van der Waals surface area contributed by atoms with E-state index in [1.165, 1.54) is 0 Å². The van der Waals surface area contributed by atoms with Crippen molar-refractivity contribution in [2.75, 3.05) is 0 Å². The van der Waals surface area contributed by atoms with Crippen LogP contribution in [0.5, 0.6) is 0 Å². The topological polar surface area (TPSA) is 37.3 Å². The first-order chi connectivity index (χ1) is 5.57. The number of carboxylic acids is 1. The Labute approximate surface area is 74.0 Å². The van der Waals surface area contributed by atoms with Gasteiger partial charge in [0.05, 0.1) is 5.92 Å². The van der Waals surface area contributed by atoms with Crippen molar-refractivity contribution in [3.63, 3.8) is 0 Å². The number of carbonyl (C=O) groups is 1. The molecule has 0 radical (unpaired) electrons. The number of carboxylic acid groups (broad SMARTS) is 1. The van der Waals surface area contributed by atoms with Crippen molar-refractivity contribution in [2.45, 2.75) is 33.6 Å². The fourth-order valence-electron chi connectivity index (χ4n) is 1.07. The molecular formula is C10H16O2. The third-order valence-electron chi connectivity index (χ3n) is 1.63. The molecule has 2 nitrogen and oxygen atoms in total. The molecule has 1 atom stereocenters. The maximum absolute atomic E-state index is 10.7. The SMILES string of the molecule is CC#CCC(CC(C)C)C(=O)O. The van der Waals surface area contributed by atoms with Crippen LogP contribution in [0.3, 0.4) is 0 Å².